The lowest BCUT2D eigenvalue weighted by atomic mass is 9.99. The van der Waals surface area contributed by atoms with Gasteiger partial charge in [-0.3, -0.25) is 4.79 Å². The first-order valence-electron chi connectivity index (χ1n) is 9.79. The number of nitrogens with zero attached hydrogens (tertiary/aromatic N) is 5. The molecular weight excluding hydrogens is 429 g/mol. The highest BCUT2D eigenvalue weighted by Crippen LogP contribution is 2.36. The lowest BCUT2D eigenvalue weighted by molar-refractivity contribution is 0.0631. The van der Waals surface area contributed by atoms with Crippen LogP contribution < -0.4 is 0 Å². The van der Waals surface area contributed by atoms with E-state index in [1.807, 2.05) is 0 Å². The Morgan fingerprint density at radius 1 is 1.41 bits per heavy atom. The number of aliphatic hydroxyl groups is 1. The van der Waals surface area contributed by atoms with Gasteiger partial charge in [0.25, 0.3) is 12.3 Å². The number of imidazole rings is 1. The number of aromatic nitrogens is 5. The topological polar surface area (TPSA) is 113 Å². The predicted octanol–water partition coefficient (Wildman–Crippen LogP) is 2.96. The molecule has 2 atom stereocenters. The molecule has 0 fully saturated rings. The molecule has 1 aliphatic rings. The van der Waals surface area contributed by atoms with Crippen LogP contribution in [0.2, 0.25) is 0 Å². The quantitative estimate of drug-likeness (QED) is 0.499. The first kappa shape index (κ1) is 20.2. The summed E-state index contributed by atoms with van der Waals surface area (Å²) in [4.78, 5) is 25.6. The Bertz CT molecular complexity index is 1310. The van der Waals surface area contributed by atoms with Crippen molar-refractivity contribution in [2.75, 3.05) is 6.54 Å². The smallest absolute Gasteiger partial charge is 0.292 e. The molecule has 0 saturated carbocycles. The number of alkyl halides is 2. The van der Waals surface area contributed by atoms with Gasteiger partial charge in [0.1, 0.15) is 23.5 Å². The number of nitrogens with one attached hydrogen (secondary N) is 1. The van der Waals surface area contributed by atoms with E-state index in [1.54, 1.807) is 6.20 Å². The van der Waals surface area contributed by atoms with Crippen LogP contribution in [-0.2, 0) is 6.42 Å². The molecule has 2 N–H and O–H groups in total. The van der Waals surface area contributed by atoms with Crippen LogP contribution in [0.5, 0.6) is 0 Å². The van der Waals surface area contributed by atoms with E-state index in [9.17, 15) is 23.1 Å². The van der Waals surface area contributed by atoms with Crippen LogP contribution in [0.4, 0.5) is 13.2 Å². The van der Waals surface area contributed by atoms with Crippen molar-refractivity contribution in [1.82, 2.24) is 29.5 Å². The van der Waals surface area contributed by atoms with Crippen LogP contribution in [0.3, 0.4) is 0 Å². The molecule has 0 aliphatic carbocycles. The number of halogens is 3. The van der Waals surface area contributed by atoms with Crippen LogP contribution in [0, 0.1) is 5.82 Å². The number of hydrogen-bond donors (Lipinski definition) is 2. The average molecular weight is 446 g/mol. The zero-order chi connectivity index (χ0) is 22.6. The van der Waals surface area contributed by atoms with Crippen LogP contribution >= 0.6 is 0 Å². The Morgan fingerprint density at radius 3 is 2.94 bits per heavy atom. The number of amides is 1. The van der Waals surface area contributed by atoms with Gasteiger partial charge in [0, 0.05) is 24.9 Å². The summed E-state index contributed by atoms with van der Waals surface area (Å²) in [5.74, 6) is -2.39. The number of aromatic amines is 1. The third-order valence-corrected chi connectivity index (χ3v) is 5.36. The minimum absolute atomic E-state index is 0.141. The third kappa shape index (κ3) is 3.14. The van der Waals surface area contributed by atoms with Gasteiger partial charge in [-0.15, -0.1) is 0 Å². The standard InChI is InChI=1S/C20H17F3N6O3/c1-9(30)19-26-15(18(22)23)17(32-19)20(31)28-6-4-11-14(25-8-24-11)16(28)12-7-13-10(21)3-2-5-29(13)27-12/h2-3,5,7-9,16,18,30H,4,6H2,1H3,(H,24,25)/t9?,16-/m0/s1. The number of oxazole rings is 1. The molecule has 1 unspecified atom stereocenters. The van der Waals surface area contributed by atoms with Gasteiger partial charge >= 0.3 is 0 Å². The first-order chi connectivity index (χ1) is 15.3. The lowest BCUT2D eigenvalue weighted by Gasteiger charge is -2.33. The molecule has 32 heavy (non-hydrogen) atoms. The SMILES string of the molecule is CC(O)c1nc(C(F)F)c(C(=O)N2CCc3[nH]cnc3[C@@H]2c2cc3c(F)cccn3n2)o1. The van der Waals surface area contributed by atoms with Gasteiger partial charge in [-0.05, 0) is 25.1 Å². The minimum Gasteiger partial charge on any atom is -0.432 e. The van der Waals surface area contributed by atoms with Crippen molar-refractivity contribution in [2.24, 2.45) is 0 Å². The second kappa shape index (κ2) is 7.48. The molecule has 9 nitrogen and oxygen atoms in total. The predicted molar refractivity (Wildman–Crippen MR) is 102 cm³/mol. The van der Waals surface area contributed by atoms with Crippen LogP contribution in [-0.4, -0.2) is 47.0 Å². The van der Waals surface area contributed by atoms with Gasteiger partial charge in [-0.1, -0.05) is 0 Å². The van der Waals surface area contributed by atoms with E-state index in [4.69, 9.17) is 4.42 Å². The van der Waals surface area contributed by atoms with Crippen LogP contribution in [0.15, 0.2) is 35.1 Å². The molecule has 4 aromatic rings. The second-order valence-corrected chi connectivity index (χ2v) is 7.42. The summed E-state index contributed by atoms with van der Waals surface area (Å²) in [5, 5.41) is 14.1. The third-order valence-electron chi connectivity index (χ3n) is 5.36. The highest BCUT2D eigenvalue weighted by atomic mass is 19.3. The average Bonchev–Trinajstić information content (AvgIpc) is 3.49. The molecular formula is C20H17F3N6O3. The van der Waals surface area contributed by atoms with Gasteiger partial charge in [0.05, 0.1) is 17.7 Å². The molecule has 0 spiro atoms. The Hall–Kier alpha value is -3.67. The first-order valence-corrected chi connectivity index (χ1v) is 9.79. The Labute approximate surface area is 178 Å². The Kier molecular flexibility index (Phi) is 4.73. The number of carbonyl (C=O) groups is 1. The zero-order valence-electron chi connectivity index (χ0n) is 16.7. The number of rotatable bonds is 4. The molecule has 12 heteroatoms. The van der Waals surface area contributed by atoms with Crippen molar-refractivity contribution in [1.29, 1.82) is 0 Å². The van der Waals surface area contributed by atoms with Crippen molar-refractivity contribution in [2.45, 2.75) is 31.9 Å². The Balaban J connectivity index is 1.63. The van der Waals surface area contributed by atoms with E-state index in [0.29, 0.717) is 17.8 Å². The van der Waals surface area contributed by atoms with E-state index in [1.165, 1.54) is 40.9 Å². The number of fused-ring (bicyclic) bond motifs is 2. The highest BCUT2D eigenvalue weighted by molar-refractivity contribution is 5.93. The van der Waals surface area contributed by atoms with Crippen molar-refractivity contribution in [3.63, 3.8) is 0 Å². The number of H-pyrrole nitrogens is 1. The maximum atomic E-state index is 14.3. The van der Waals surface area contributed by atoms with Crippen LogP contribution in [0.1, 0.15) is 64.7 Å². The molecule has 5 heterocycles. The largest absolute Gasteiger partial charge is 0.432 e. The zero-order valence-corrected chi connectivity index (χ0v) is 16.7. The number of pyridine rings is 1. The normalized spacial score (nSPS) is 17.2. The van der Waals surface area contributed by atoms with Crippen molar-refractivity contribution in [3.8, 4) is 0 Å². The maximum absolute atomic E-state index is 14.3. The van der Waals surface area contributed by atoms with Gasteiger partial charge < -0.3 is 19.4 Å². The molecule has 0 saturated heterocycles. The molecule has 0 radical (unpaired) electrons. The molecule has 5 rings (SSSR count). The van der Waals surface area contributed by atoms with E-state index in [2.05, 4.69) is 20.1 Å². The van der Waals surface area contributed by atoms with E-state index in [-0.39, 0.29) is 18.0 Å². The van der Waals surface area contributed by atoms with Gasteiger partial charge in [-0.2, -0.15) is 5.10 Å². The van der Waals surface area contributed by atoms with E-state index < -0.39 is 41.7 Å². The van der Waals surface area contributed by atoms with E-state index in [0.717, 1.165) is 5.69 Å². The summed E-state index contributed by atoms with van der Waals surface area (Å²) in [6.07, 6.45) is -0.945. The fraction of sp³-hybridized carbons (Fsp3) is 0.300. The Morgan fingerprint density at radius 2 is 2.22 bits per heavy atom. The maximum Gasteiger partial charge on any atom is 0.292 e. The summed E-state index contributed by atoms with van der Waals surface area (Å²) in [5.41, 5.74) is 0.890. The molecule has 4 aromatic heterocycles. The fourth-order valence-electron chi connectivity index (χ4n) is 3.89. The number of hydrogen-bond acceptors (Lipinski definition) is 6. The second-order valence-electron chi connectivity index (χ2n) is 7.42. The van der Waals surface area contributed by atoms with Crippen LogP contribution in [0.25, 0.3) is 5.52 Å². The highest BCUT2D eigenvalue weighted by Gasteiger charge is 2.40. The fourth-order valence-corrected chi connectivity index (χ4v) is 3.89. The minimum atomic E-state index is -3.08. The molecule has 1 amide bonds. The summed E-state index contributed by atoms with van der Waals surface area (Å²) in [6, 6.07) is 3.39. The molecule has 0 bridgehead atoms. The number of aliphatic hydroxyl groups excluding tert-OH is 1. The summed E-state index contributed by atoms with van der Waals surface area (Å²) >= 11 is 0. The van der Waals surface area contributed by atoms with E-state index >= 15 is 0 Å². The van der Waals surface area contributed by atoms with Crippen molar-refractivity contribution in [3.05, 3.63) is 71.0 Å². The lowest BCUT2D eigenvalue weighted by Crippen LogP contribution is -2.41. The van der Waals surface area contributed by atoms with Gasteiger partial charge in [0.2, 0.25) is 11.7 Å². The molecule has 166 valence electrons. The van der Waals surface area contributed by atoms with Crippen molar-refractivity contribution < 1.29 is 27.5 Å². The van der Waals surface area contributed by atoms with Gasteiger partial charge in [-0.25, -0.2) is 27.7 Å². The van der Waals surface area contributed by atoms with Crippen molar-refractivity contribution >= 4 is 11.4 Å². The summed E-state index contributed by atoms with van der Waals surface area (Å²) < 4.78 is 48.0. The molecule has 0 aromatic carbocycles. The molecule has 1 aliphatic heterocycles. The summed E-state index contributed by atoms with van der Waals surface area (Å²) in [7, 11) is 0. The van der Waals surface area contributed by atoms with Gasteiger partial charge in [0.15, 0.2) is 5.69 Å². The summed E-state index contributed by atoms with van der Waals surface area (Å²) in [6.45, 7) is 1.43. The monoisotopic (exact) mass is 446 g/mol. The number of carbonyl (C=O) groups excluding carboxylic acids is 1.